The highest BCUT2D eigenvalue weighted by molar-refractivity contribution is 5.71. The standard InChI is InChI=1S/C29H44NO3/c1-5-6-7-8-9-11-15-26-18-14-19-28(22-26)32-24-33-29(31)25(2)20-21-30(3,4)23-27-16-12-10-13-17-27/h10,12-14,16-19,22,25H,5-9,11,15,20-21,23-24H2,1-4H3/q+1. The first kappa shape index (κ1) is 26.9. The summed E-state index contributed by atoms with van der Waals surface area (Å²) in [6.07, 6.45) is 9.62. The Balaban J connectivity index is 1.66. The van der Waals surface area contributed by atoms with E-state index in [1.165, 1.54) is 49.7 Å². The van der Waals surface area contributed by atoms with Crippen molar-refractivity contribution < 1.29 is 18.8 Å². The van der Waals surface area contributed by atoms with E-state index in [1.807, 2.05) is 25.1 Å². The molecule has 0 aliphatic heterocycles. The van der Waals surface area contributed by atoms with Gasteiger partial charge in [0.2, 0.25) is 6.79 Å². The fourth-order valence-electron chi connectivity index (χ4n) is 4.02. The van der Waals surface area contributed by atoms with Crippen molar-refractivity contribution in [1.82, 2.24) is 0 Å². The van der Waals surface area contributed by atoms with Gasteiger partial charge in [0.05, 0.1) is 26.6 Å². The molecule has 0 bridgehead atoms. The second-order valence-electron chi connectivity index (χ2n) is 9.88. The van der Waals surface area contributed by atoms with Gasteiger partial charge in [-0.1, -0.05) is 88.4 Å². The van der Waals surface area contributed by atoms with E-state index >= 15 is 0 Å². The number of esters is 1. The molecule has 0 saturated carbocycles. The molecule has 0 fully saturated rings. The van der Waals surface area contributed by atoms with E-state index in [0.29, 0.717) is 0 Å². The second kappa shape index (κ2) is 14.7. The summed E-state index contributed by atoms with van der Waals surface area (Å²) >= 11 is 0. The van der Waals surface area contributed by atoms with Gasteiger partial charge in [-0.25, -0.2) is 0 Å². The Bertz CT molecular complexity index is 804. The van der Waals surface area contributed by atoms with Crippen molar-refractivity contribution >= 4 is 5.97 Å². The number of quaternary nitrogens is 1. The summed E-state index contributed by atoms with van der Waals surface area (Å²) in [4.78, 5) is 12.4. The number of carbonyl (C=O) groups excluding carboxylic acids is 1. The quantitative estimate of drug-likeness (QED) is 0.121. The Morgan fingerprint density at radius 2 is 1.61 bits per heavy atom. The number of unbranched alkanes of at least 4 members (excludes halogenated alkanes) is 5. The van der Waals surface area contributed by atoms with E-state index < -0.39 is 0 Å². The van der Waals surface area contributed by atoms with Gasteiger partial charge in [-0.15, -0.1) is 0 Å². The Morgan fingerprint density at radius 1 is 0.909 bits per heavy atom. The molecule has 0 aromatic heterocycles. The lowest BCUT2D eigenvalue weighted by Crippen LogP contribution is -2.40. The molecule has 0 heterocycles. The van der Waals surface area contributed by atoms with Gasteiger partial charge in [0, 0.05) is 12.0 Å². The number of ether oxygens (including phenoxy) is 2. The van der Waals surface area contributed by atoms with Crippen LogP contribution in [0, 0.1) is 5.92 Å². The highest BCUT2D eigenvalue weighted by atomic mass is 16.7. The number of hydrogen-bond acceptors (Lipinski definition) is 3. The van der Waals surface area contributed by atoms with E-state index in [2.05, 4.69) is 57.4 Å². The molecular weight excluding hydrogens is 410 g/mol. The molecule has 0 amide bonds. The zero-order valence-corrected chi connectivity index (χ0v) is 21.2. The minimum Gasteiger partial charge on any atom is -0.457 e. The van der Waals surface area contributed by atoms with Crippen molar-refractivity contribution in [2.24, 2.45) is 5.92 Å². The highest BCUT2D eigenvalue weighted by Crippen LogP contribution is 2.17. The maximum atomic E-state index is 12.4. The summed E-state index contributed by atoms with van der Waals surface area (Å²) in [5.74, 6) is 0.415. The maximum Gasteiger partial charge on any atom is 0.311 e. The minimum absolute atomic E-state index is 0.0358. The van der Waals surface area contributed by atoms with Crippen LogP contribution in [0.3, 0.4) is 0 Å². The zero-order chi connectivity index (χ0) is 23.9. The van der Waals surface area contributed by atoms with Crippen LogP contribution in [-0.4, -0.2) is 37.9 Å². The minimum atomic E-state index is -0.196. The molecule has 2 aromatic carbocycles. The fourth-order valence-corrected chi connectivity index (χ4v) is 4.02. The van der Waals surface area contributed by atoms with E-state index in [-0.39, 0.29) is 18.7 Å². The molecule has 0 radical (unpaired) electrons. The largest absolute Gasteiger partial charge is 0.457 e. The number of carbonyl (C=O) groups is 1. The van der Waals surface area contributed by atoms with Gasteiger partial charge in [0.1, 0.15) is 12.3 Å². The number of nitrogens with zero attached hydrogens (tertiary/aromatic N) is 1. The summed E-state index contributed by atoms with van der Waals surface area (Å²) in [6.45, 7) is 6.00. The van der Waals surface area contributed by atoms with Crippen LogP contribution in [0.4, 0.5) is 0 Å². The lowest BCUT2D eigenvalue weighted by atomic mass is 10.0. The van der Waals surface area contributed by atoms with Crippen molar-refractivity contribution in [2.45, 2.75) is 71.8 Å². The number of rotatable bonds is 16. The molecule has 182 valence electrons. The van der Waals surface area contributed by atoms with Crippen LogP contribution in [-0.2, 0) is 22.5 Å². The third kappa shape index (κ3) is 11.4. The van der Waals surface area contributed by atoms with Crippen LogP contribution in [0.15, 0.2) is 54.6 Å². The molecule has 1 atom stereocenters. The lowest BCUT2D eigenvalue weighted by Gasteiger charge is -2.30. The van der Waals surface area contributed by atoms with Crippen LogP contribution in [0.25, 0.3) is 0 Å². The first-order valence-corrected chi connectivity index (χ1v) is 12.6. The molecular formula is C29H44NO3+. The van der Waals surface area contributed by atoms with Gasteiger partial charge >= 0.3 is 5.97 Å². The van der Waals surface area contributed by atoms with E-state index in [4.69, 9.17) is 9.47 Å². The van der Waals surface area contributed by atoms with Crippen LogP contribution in [0.1, 0.15) is 69.9 Å². The monoisotopic (exact) mass is 454 g/mol. The van der Waals surface area contributed by atoms with Crippen molar-refractivity contribution in [3.05, 3.63) is 65.7 Å². The SMILES string of the molecule is CCCCCCCCc1cccc(OCOC(=O)C(C)CC[N+](C)(C)Cc2ccccc2)c1. The molecule has 0 spiro atoms. The first-order chi connectivity index (χ1) is 15.9. The van der Waals surface area contributed by atoms with Crippen LogP contribution < -0.4 is 4.74 Å². The predicted octanol–water partition coefficient (Wildman–Crippen LogP) is 6.77. The number of benzene rings is 2. The Hall–Kier alpha value is -2.33. The molecule has 0 aliphatic rings. The van der Waals surface area contributed by atoms with Gasteiger partial charge in [0.25, 0.3) is 0 Å². The number of hydrogen-bond donors (Lipinski definition) is 0. The van der Waals surface area contributed by atoms with Crippen molar-refractivity contribution in [2.75, 3.05) is 27.4 Å². The van der Waals surface area contributed by atoms with Crippen molar-refractivity contribution in [3.63, 3.8) is 0 Å². The van der Waals surface area contributed by atoms with Gasteiger partial charge in [-0.2, -0.15) is 0 Å². The molecule has 4 heteroatoms. The summed E-state index contributed by atoms with van der Waals surface area (Å²) in [5.41, 5.74) is 2.59. The number of aryl methyl sites for hydroxylation is 1. The third-order valence-electron chi connectivity index (χ3n) is 6.17. The average molecular weight is 455 g/mol. The first-order valence-electron chi connectivity index (χ1n) is 12.6. The van der Waals surface area contributed by atoms with Gasteiger partial charge in [-0.3, -0.25) is 4.79 Å². The maximum absolute atomic E-state index is 12.4. The van der Waals surface area contributed by atoms with Crippen LogP contribution >= 0.6 is 0 Å². The Kier molecular flexibility index (Phi) is 12.0. The van der Waals surface area contributed by atoms with Gasteiger partial charge in [0.15, 0.2) is 0 Å². The molecule has 1 unspecified atom stereocenters. The topological polar surface area (TPSA) is 35.5 Å². The summed E-state index contributed by atoms with van der Waals surface area (Å²) in [6, 6.07) is 18.6. The average Bonchev–Trinajstić information content (AvgIpc) is 2.80. The smallest absolute Gasteiger partial charge is 0.311 e. The summed E-state index contributed by atoms with van der Waals surface area (Å²) in [5, 5.41) is 0. The normalized spacial score (nSPS) is 12.4. The van der Waals surface area contributed by atoms with Gasteiger partial charge < -0.3 is 14.0 Å². The lowest BCUT2D eigenvalue weighted by molar-refractivity contribution is -0.904. The molecule has 0 saturated heterocycles. The van der Waals surface area contributed by atoms with E-state index in [0.717, 1.165) is 36.2 Å². The van der Waals surface area contributed by atoms with E-state index in [9.17, 15) is 4.79 Å². The summed E-state index contributed by atoms with van der Waals surface area (Å²) in [7, 11) is 4.40. The van der Waals surface area contributed by atoms with Crippen molar-refractivity contribution in [3.8, 4) is 5.75 Å². The van der Waals surface area contributed by atoms with Crippen molar-refractivity contribution in [1.29, 1.82) is 0 Å². The molecule has 2 aromatic rings. The third-order valence-corrected chi connectivity index (χ3v) is 6.17. The Labute approximate surface area is 201 Å². The summed E-state index contributed by atoms with van der Waals surface area (Å²) < 4.78 is 11.9. The van der Waals surface area contributed by atoms with Crippen LogP contribution in [0.2, 0.25) is 0 Å². The fraction of sp³-hybridized carbons (Fsp3) is 0.552. The molecule has 2 rings (SSSR count). The molecule has 0 aliphatic carbocycles. The second-order valence-corrected chi connectivity index (χ2v) is 9.88. The molecule has 4 nitrogen and oxygen atoms in total. The zero-order valence-electron chi connectivity index (χ0n) is 21.2. The predicted molar refractivity (Wildman–Crippen MR) is 136 cm³/mol. The van der Waals surface area contributed by atoms with E-state index in [1.54, 1.807) is 0 Å². The Morgan fingerprint density at radius 3 is 2.36 bits per heavy atom. The highest BCUT2D eigenvalue weighted by Gasteiger charge is 2.21. The van der Waals surface area contributed by atoms with Crippen LogP contribution in [0.5, 0.6) is 5.75 Å². The molecule has 33 heavy (non-hydrogen) atoms. The van der Waals surface area contributed by atoms with Gasteiger partial charge in [-0.05, 0) is 30.5 Å². The molecule has 0 N–H and O–H groups in total.